The van der Waals surface area contributed by atoms with E-state index in [0.29, 0.717) is 0 Å². The van der Waals surface area contributed by atoms with Gasteiger partial charge in [0.25, 0.3) is 0 Å². The predicted molar refractivity (Wildman–Crippen MR) is 206 cm³/mol. The first-order valence-electron chi connectivity index (χ1n) is 16.1. The van der Waals surface area contributed by atoms with Crippen molar-refractivity contribution >= 4 is 126 Å². The van der Waals surface area contributed by atoms with Crippen LogP contribution in [-0.4, -0.2) is 23.4 Å². The molecule has 8 aromatic rings. The van der Waals surface area contributed by atoms with Crippen LogP contribution in [0.25, 0.3) is 32.6 Å². The van der Waals surface area contributed by atoms with E-state index in [9.17, 15) is 0 Å². The number of nitrogens with zero attached hydrogens (tertiary/aromatic N) is 2. The lowest BCUT2D eigenvalue weighted by molar-refractivity contribution is 1.09. The zero-order valence-corrected chi connectivity index (χ0v) is 28.5. The Bertz CT molecular complexity index is 2590. The third kappa shape index (κ3) is 3.49. The van der Waals surface area contributed by atoms with Crippen LogP contribution in [0.15, 0.2) is 161 Å². The lowest BCUT2D eigenvalue weighted by Gasteiger charge is -2.36. The Labute approximate surface area is 294 Å². The minimum Gasteiger partial charge on any atom is -0.239 e. The highest BCUT2D eigenvalue weighted by Crippen LogP contribution is 2.46. The molecule has 0 atom stereocenters. The number of fused-ring (bicyclic) bond motifs is 15. The lowest BCUT2D eigenvalue weighted by atomic mass is 9.35. The molecule has 12 rings (SSSR count). The quantitative estimate of drug-likeness (QED) is 0.163. The number of rotatable bonds is 0. The second-order valence-electron chi connectivity index (χ2n) is 12.8. The average molecular weight is 679 g/mol. The highest BCUT2D eigenvalue weighted by atomic mass is 32.2. The minimum atomic E-state index is 0.113. The fourth-order valence-corrected chi connectivity index (χ4v) is 13.2. The van der Waals surface area contributed by atoms with E-state index in [1.54, 1.807) is 0 Å². The molecule has 0 fully saturated rings. The maximum Gasteiger partial charge on any atom is 0.250 e. The molecular weight excluding hydrogens is 658 g/mol. The van der Waals surface area contributed by atoms with Crippen LogP contribution >= 0.6 is 47.0 Å². The number of aromatic nitrogens is 2. The summed E-state index contributed by atoms with van der Waals surface area (Å²) in [4.78, 5) is 19.1. The molecule has 0 amide bonds. The molecule has 220 valence electrons. The summed E-state index contributed by atoms with van der Waals surface area (Å²) in [6.07, 6.45) is 0. The smallest absolute Gasteiger partial charge is 0.239 e. The molecule has 0 saturated carbocycles. The van der Waals surface area contributed by atoms with Crippen molar-refractivity contribution in [3.8, 4) is 0 Å². The Kier molecular flexibility index (Phi) is 5.46. The van der Waals surface area contributed by atoms with Crippen molar-refractivity contribution in [1.29, 1.82) is 0 Å². The summed E-state index contributed by atoms with van der Waals surface area (Å²) in [6.45, 7) is 0.225. The molecule has 6 heterocycles. The first-order valence-corrected chi connectivity index (χ1v) is 19.4. The van der Waals surface area contributed by atoms with E-state index < -0.39 is 0 Å². The molecule has 48 heavy (non-hydrogen) atoms. The zero-order valence-electron chi connectivity index (χ0n) is 25.2. The van der Waals surface area contributed by atoms with Crippen LogP contribution in [0.5, 0.6) is 0 Å². The van der Waals surface area contributed by atoms with Gasteiger partial charge in [-0.2, -0.15) is 0 Å². The van der Waals surface area contributed by atoms with Crippen molar-refractivity contribution in [1.82, 2.24) is 9.97 Å². The van der Waals surface area contributed by atoms with Crippen LogP contribution < -0.4 is 32.8 Å². The van der Waals surface area contributed by atoms with Gasteiger partial charge in [0.2, 0.25) is 13.4 Å². The molecule has 0 unspecified atom stereocenters. The zero-order chi connectivity index (χ0) is 31.1. The largest absolute Gasteiger partial charge is 0.250 e. The van der Waals surface area contributed by atoms with Gasteiger partial charge in [0, 0.05) is 29.4 Å². The van der Waals surface area contributed by atoms with Crippen LogP contribution in [-0.2, 0) is 0 Å². The fourth-order valence-electron chi connectivity index (χ4n) is 8.35. The van der Waals surface area contributed by atoms with Gasteiger partial charge in [0.05, 0.1) is 10.1 Å². The van der Waals surface area contributed by atoms with Gasteiger partial charge in [-0.3, -0.25) is 0 Å². The van der Waals surface area contributed by atoms with E-state index in [2.05, 4.69) is 121 Å². The highest BCUT2D eigenvalue weighted by Gasteiger charge is 2.44. The molecule has 0 spiro atoms. The molecule has 2 aromatic heterocycles. The van der Waals surface area contributed by atoms with E-state index in [0.717, 1.165) is 21.1 Å². The van der Waals surface area contributed by atoms with Gasteiger partial charge in [0.1, 0.15) is 11.0 Å². The number of hydrogen-bond donors (Lipinski definition) is 0. The number of hydrogen-bond acceptors (Lipinski definition) is 6. The van der Waals surface area contributed by atoms with Crippen LogP contribution in [0.1, 0.15) is 0 Å². The van der Waals surface area contributed by atoms with Crippen molar-refractivity contribution in [2.75, 3.05) is 0 Å². The van der Waals surface area contributed by atoms with Gasteiger partial charge in [-0.15, -0.1) is 0 Å². The van der Waals surface area contributed by atoms with Gasteiger partial charge < -0.3 is 0 Å². The molecular formula is C40H20B2N2S4. The van der Waals surface area contributed by atoms with E-state index in [-0.39, 0.29) is 13.4 Å². The van der Waals surface area contributed by atoms with Crippen molar-refractivity contribution < 1.29 is 0 Å². The summed E-state index contributed by atoms with van der Waals surface area (Å²) in [5, 5.41) is 7.46. The summed E-state index contributed by atoms with van der Waals surface area (Å²) in [7, 11) is 0. The first-order chi connectivity index (χ1) is 23.8. The Morgan fingerprint density at radius 3 is 1.31 bits per heavy atom. The molecule has 0 aliphatic carbocycles. The Hall–Kier alpha value is -4.07. The van der Waals surface area contributed by atoms with E-state index in [1.807, 2.05) is 47.0 Å². The standard InChI is InChI=1S/C40H20B2N2S4/c1-3-11-23-21(9-1)17-19-29-31(23)41-25-13-5-7-15-27(25)45-37-33(41)39(47-29)43-36-35(37)44-40-34-38(36)46-28-16-8-6-14-26(28)42(34)32-24-12-4-2-10-22(24)18-20-30(32)48-40/h1-20H. The fraction of sp³-hybridized carbons (Fsp3) is 0. The van der Waals surface area contributed by atoms with Crippen molar-refractivity contribution in [3.05, 3.63) is 121 Å². The molecule has 8 heteroatoms. The summed E-state index contributed by atoms with van der Waals surface area (Å²) < 4.78 is 0. The van der Waals surface area contributed by atoms with Gasteiger partial charge in [-0.05, 0) is 67.7 Å². The van der Waals surface area contributed by atoms with Gasteiger partial charge in [-0.25, -0.2) is 9.97 Å². The van der Waals surface area contributed by atoms with Crippen molar-refractivity contribution in [2.45, 2.75) is 39.4 Å². The second-order valence-corrected chi connectivity index (χ2v) is 16.9. The van der Waals surface area contributed by atoms with Crippen LogP contribution in [0.4, 0.5) is 0 Å². The molecule has 0 bridgehead atoms. The Morgan fingerprint density at radius 2 is 0.812 bits per heavy atom. The molecule has 0 radical (unpaired) electrons. The summed E-state index contributed by atoms with van der Waals surface area (Å²) in [5.74, 6) is 0. The second kappa shape index (κ2) is 9.76. The minimum absolute atomic E-state index is 0.113. The maximum atomic E-state index is 5.66. The molecule has 6 aromatic carbocycles. The van der Waals surface area contributed by atoms with Gasteiger partial charge in [0.15, 0.2) is 0 Å². The Balaban J connectivity index is 1.19. The van der Waals surface area contributed by atoms with E-state index in [4.69, 9.17) is 9.97 Å². The molecule has 4 aliphatic rings. The third-order valence-corrected chi connectivity index (χ3v) is 14.9. The summed E-state index contributed by atoms with van der Waals surface area (Å²) in [6, 6.07) is 44.8. The van der Waals surface area contributed by atoms with E-state index in [1.165, 1.54) is 83.7 Å². The average Bonchev–Trinajstić information content (AvgIpc) is 3.14. The normalized spacial score (nSPS) is 14.7. The Morgan fingerprint density at radius 1 is 0.375 bits per heavy atom. The van der Waals surface area contributed by atoms with Gasteiger partial charge in [-0.1, -0.05) is 155 Å². The lowest BCUT2D eigenvalue weighted by Crippen LogP contribution is -2.59. The summed E-state index contributed by atoms with van der Waals surface area (Å²) in [5.41, 5.74) is 10.3. The van der Waals surface area contributed by atoms with Crippen LogP contribution in [0, 0.1) is 0 Å². The topological polar surface area (TPSA) is 25.8 Å². The molecule has 2 nitrogen and oxygen atoms in total. The predicted octanol–water partition coefficient (Wildman–Crippen LogP) is 6.83. The van der Waals surface area contributed by atoms with Gasteiger partial charge >= 0.3 is 0 Å². The van der Waals surface area contributed by atoms with Crippen LogP contribution in [0.3, 0.4) is 0 Å². The first kappa shape index (κ1) is 26.8. The number of pyridine rings is 2. The SMILES string of the molecule is c1ccc2c(c1)Sc1c3c(nc4c5c6c(nc14)Sc1ccc4ccccc4c1B6c1ccccc1S5)Sc1ccc4ccccc4c1B23. The molecule has 0 N–H and O–H groups in total. The molecule has 4 aliphatic heterocycles. The summed E-state index contributed by atoms with van der Waals surface area (Å²) >= 11 is 7.45. The monoisotopic (exact) mass is 678 g/mol. The highest BCUT2D eigenvalue weighted by molar-refractivity contribution is 8.02. The van der Waals surface area contributed by atoms with Crippen molar-refractivity contribution in [2.24, 2.45) is 0 Å². The third-order valence-electron chi connectivity index (χ3n) is 10.3. The van der Waals surface area contributed by atoms with E-state index >= 15 is 0 Å². The molecule has 0 saturated heterocycles. The number of benzene rings is 6. The van der Waals surface area contributed by atoms with Crippen LogP contribution in [0.2, 0.25) is 0 Å². The maximum absolute atomic E-state index is 5.66. The van der Waals surface area contributed by atoms with Crippen molar-refractivity contribution in [3.63, 3.8) is 0 Å².